The fraction of sp³-hybridized carbons (Fsp3) is 0.917. The van der Waals surface area contributed by atoms with E-state index in [0.717, 1.165) is 19.4 Å². The predicted octanol–water partition coefficient (Wildman–Crippen LogP) is 2.11. The highest BCUT2D eigenvalue weighted by molar-refractivity contribution is 5.76. The molecule has 1 aliphatic rings. The molecule has 1 N–H and O–H groups in total. The standard InChI is InChI=1S/C12H23NO2/c1-11(2,3)15-10(14)9-6-7-12(4,5)8-13-9/h9,13H,6-8H2,1-5H3. The van der Waals surface area contributed by atoms with Gasteiger partial charge in [0.25, 0.3) is 0 Å². The number of rotatable bonds is 1. The molecule has 0 aliphatic carbocycles. The molecule has 88 valence electrons. The van der Waals surface area contributed by atoms with Gasteiger partial charge in [-0.05, 0) is 39.0 Å². The third kappa shape index (κ3) is 4.20. The molecule has 1 atom stereocenters. The molecule has 1 aliphatic heterocycles. The van der Waals surface area contributed by atoms with Crippen molar-refractivity contribution in [1.29, 1.82) is 0 Å². The van der Waals surface area contributed by atoms with Crippen molar-refractivity contribution < 1.29 is 9.53 Å². The van der Waals surface area contributed by atoms with E-state index in [4.69, 9.17) is 4.74 Å². The summed E-state index contributed by atoms with van der Waals surface area (Å²) in [5.74, 6) is -0.113. The van der Waals surface area contributed by atoms with Gasteiger partial charge in [-0.3, -0.25) is 4.79 Å². The fourth-order valence-corrected chi connectivity index (χ4v) is 1.70. The number of hydrogen-bond acceptors (Lipinski definition) is 3. The van der Waals surface area contributed by atoms with E-state index in [9.17, 15) is 4.79 Å². The second-order valence-corrected chi connectivity index (χ2v) is 6.17. The normalized spacial score (nSPS) is 26.1. The molecular weight excluding hydrogens is 190 g/mol. The number of nitrogens with one attached hydrogen (secondary N) is 1. The maximum atomic E-state index is 11.7. The SMILES string of the molecule is CC1(C)CCC(C(=O)OC(C)(C)C)NC1. The molecule has 0 aromatic heterocycles. The lowest BCUT2D eigenvalue weighted by atomic mass is 9.82. The lowest BCUT2D eigenvalue weighted by Gasteiger charge is -2.35. The summed E-state index contributed by atoms with van der Waals surface area (Å²) in [6, 6.07) is -0.114. The van der Waals surface area contributed by atoms with Crippen molar-refractivity contribution in [2.75, 3.05) is 6.54 Å². The molecule has 1 fully saturated rings. The minimum absolute atomic E-state index is 0.113. The number of carbonyl (C=O) groups excluding carboxylic acids is 1. The molecule has 1 saturated heterocycles. The number of carbonyl (C=O) groups is 1. The molecule has 15 heavy (non-hydrogen) atoms. The van der Waals surface area contributed by atoms with E-state index in [0.29, 0.717) is 5.41 Å². The van der Waals surface area contributed by atoms with Gasteiger partial charge in [-0.25, -0.2) is 0 Å². The molecular formula is C12H23NO2. The van der Waals surface area contributed by atoms with Crippen molar-refractivity contribution in [3.63, 3.8) is 0 Å². The Kier molecular flexibility index (Phi) is 3.44. The number of ether oxygens (including phenoxy) is 1. The number of esters is 1. The zero-order valence-corrected chi connectivity index (χ0v) is 10.5. The molecule has 0 bridgehead atoms. The molecule has 0 saturated carbocycles. The van der Waals surface area contributed by atoms with Gasteiger partial charge in [-0.2, -0.15) is 0 Å². The lowest BCUT2D eigenvalue weighted by molar-refractivity contribution is -0.158. The Morgan fingerprint density at radius 2 is 2.00 bits per heavy atom. The molecule has 1 rings (SSSR count). The highest BCUT2D eigenvalue weighted by Crippen LogP contribution is 2.27. The van der Waals surface area contributed by atoms with Crippen LogP contribution in [0, 0.1) is 5.41 Å². The molecule has 0 radical (unpaired) electrons. The summed E-state index contributed by atoms with van der Waals surface area (Å²) in [7, 11) is 0. The van der Waals surface area contributed by atoms with Gasteiger partial charge in [0.15, 0.2) is 0 Å². The topological polar surface area (TPSA) is 38.3 Å². The maximum Gasteiger partial charge on any atom is 0.323 e. The first-order valence-corrected chi connectivity index (χ1v) is 5.66. The van der Waals surface area contributed by atoms with Gasteiger partial charge in [-0.15, -0.1) is 0 Å². The molecule has 0 amide bonds. The van der Waals surface area contributed by atoms with Crippen LogP contribution in [0.1, 0.15) is 47.5 Å². The first-order valence-electron chi connectivity index (χ1n) is 5.66. The van der Waals surface area contributed by atoms with Crippen molar-refractivity contribution in [3.8, 4) is 0 Å². The average molecular weight is 213 g/mol. The largest absolute Gasteiger partial charge is 0.459 e. The number of hydrogen-bond donors (Lipinski definition) is 1. The van der Waals surface area contributed by atoms with Crippen LogP contribution in [0.2, 0.25) is 0 Å². The maximum absolute atomic E-state index is 11.7. The van der Waals surface area contributed by atoms with E-state index in [1.165, 1.54) is 0 Å². The molecule has 1 heterocycles. The Hall–Kier alpha value is -0.570. The van der Waals surface area contributed by atoms with Crippen LogP contribution in [0.4, 0.5) is 0 Å². The van der Waals surface area contributed by atoms with Crippen LogP contribution in [0.15, 0.2) is 0 Å². The summed E-state index contributed by atoms with van der Waals surface area (Å²) in [5, 5.41) is 3.26. The summed E-state index contributed by atoms with van der Waals surface area (Å²) in [6.07, 6.45) is 1.95. The van der Waals surface area contributed by atoms with Gasteiger partial charge in [-0.1, -0.05) is 13.8 Å². The highest BCUT2D eigenvalue weighted by Gasteiger charge is 2.32. The predicted molar refractivity (Wildman–Crippen MR) is 60.7 cm³/mol. The number of piperidine rings is 1. The van der Waals surface area contributed by atoms with E-state index in [1.807, 2.05) is 20.8 Å². The van der Waals surface area contributed by atoms with E-state index in [-0.39, 0.29) is 17.6 Å². The first-order chi connectivity index (χ1) is 6.70. The van der Waals surface area contributed by atoms with E-state index < -0.39 is 0 Å². The Morgan fingerprint density at radius 1 is 1.40 bits per heavy atom. The van der Waals surface area contributed by atoms with Crippen LogP contribution in [0.3, 0.4) is 0 Å². The van der Waals surface area contributed by atoms with Crippen LogP contribution in [-0.4, -0.2) is 24.2 Å². The zero-order chi connectivity index (χ0) is 11.7. The summed E-state index contributed by atoms with van der Waals surface area (Å²) in [5.41, 5.74) is -0.0791. The molecule has 0 aromatic rings. The van der Waals surface area contributed by atoms with Crippen molar-refractivity contribution in [2.24, 2.45) is 5.41 Å². The van der Waals surface area contributed by atoms with Crippen LogP contribution in [0.25, 0.3) is 0 Å². The van der Waals surface area contributed by atoms with Gasteiger partial charge < -0.3 is 10.1 Å². The second-order valence-electron chi connectivity index (χ2n) is 6.17. The molecule has 0 spiro atoms. The van der Waals surface area contributed by atoms with Gasteiger partial charge in [0.2, 0.25) is 0 Å². The highest BCUT2D eigenvalue weighted by atomic mass is 16.6. The smallest absolute Gasteiger partial charge is 0.323 e. The quantitative estimate of drug-likeness (QED) is 0.678. The van der Waals surface area contributed by atoms with Crippen molar-refractivity contribution in [2.45, 2.75) is 59.1 Å². The minimum Gasteiger partial charge on any atom is -0.459 e. The van der Waals surface area contributed by atoms with Crippen LogP contribution < -0.4 is 5.32 Å². The van der Waals surface area contributed by atoms with Gasteiger partial charge >= 0.3 is 5.97 Å². The van der Waals surface area contributed by atoms with Crippen LogP contribution in [-0.2, 0) is 9.53 Å². The Morgan fingerprint density at radius 3 is 2.40 bits per heavy atom. The fourth-order valence-electron chi connectivity index (χ4n) is 1.70. The summed E-state index contributed by atoms with van der Waals surface area (Å²) in [6.45, 7) is 11.0. The van der Waals surface area contributed by atoms with Crippen LogP contribution >= 0.6 is 0 Å². The molecule has 3 nitrogen and oxygen atoms in total. The molecule has 1 unspecified atom stereocenters. The third-order valence-corrected chi connectivity index (χ3v) is 2.63. The Bertz CT molecular complexity index is 230. The summed E-state index contributed by atoms with van der Waals surface area (Å²) >= 11 is 0. The van der Waals surface area contributed by atoms with E-state index in [2.05, 4.69) is 19.2 Å². The molecule has 3 heteroatoms. The Balaban J connectivity index is 2.44. The second kappa shape index (κ2) is 4.12. The first kappa shape index (κ1) is 12.5. The Labute approximate surface area is 92.6 Å². The van der Waals surface area contributed by atoms with Gasteiger partial charge in [0, 0.05) is 6.54 Å². The van der Waals surface area contributed by atoms with Crippen molar-refractivity contribution >= 4 is 5.97 Å². The van der Waals surface area contributed by atoms with Gasteiger partial charge in [0.1, 0.15) is 11.6 Å². The van der Waals surface area contributed by atoms with E-state index in [1.54, 1.807) is 0 Å². The van der Waals surface area contributed by atoms with Crippen LogP contribution in [0.5, 0.6) is 0 Å². The zero-order valence-electron chi connectivity index (χ0n) is 10.5. The third-order valence-electron chi connectivity index (χ3n) is 2.63. The van der Waals surface area contributed by atoms with E-state index >= 15 is 0 Å². The van der Waals surface area contributed by atoms with Crippen molar-refractivity contribution in [1.82, 2.24) is 5.32 Å². The lowest BCUT2D eigenvalue weighted by Crippen LogP contribution is -2.49. The molecule has 0 aromatic carbocycles. The van der Waals surface area contributed by atoms with Gasteiger partial charge in [0.05, 0.1) is 0 Å². The monoisotopic (exact) mass is 213 g/mol. The average Bonchev–Trinajstić information content (AvgIpc) is 2.00. The summed E-state index contributed by atoms with van der Waals surface area (Å²) in [4.78, 5) is 11.7. The van der Waals surface area contributed by atoms with Crippen molar-refractivity contribution in [3.05, 3.63) is 0 Å². The minimum atomic E-state index is -0.383. The summed E-state index contributed by atoms with van der Waals surface area (Å²) < 4.78 is 5.34.